The lowest BCUT2D eigenvalue weighted by Gasteiger charge is -2.19. The Morgan fingerprint density at radius 2 is 2.10 bits per heavy atom. The minimum Gasteiger partial charge on any atom is -0.462 e. The Morgan fingerprint density at radius 1 is 1.45 bits per heavy atom. The van der Waals surface area contributed by atoms with Crippen LogP contribution in [0.15, 0.2) is 6.20 Å². The van der Waals surface area contributed by atoms with Crippen molar-refractivity contribution in [3.63, 3.8) is 0 Å². The first-order chi connectivity index (χ1) is 13.5. The number of aliphatic hydroxyl groups excluding tert-OH is 1. The largest absolute Gasteiger partial charge is 0.613 e. The molecular formula is C17H27N3O6PS2+. The number of aryl methyl sites for hydroxylation is 1. The van der Waals surface area contributed by atoms with E-state index in [1.54, 1.807) is 24.6 Å². The highest BCUT2D eigenvalue weighted by atomic mass is 32.1. The van der Waals surface area contributed by atoms with Crippen LogP contribution in [0.5, 0.6) is 0 Å². The minimum absolute atomic E-state index is 0.120. The van der Waals surface area contributed by atoms with Crippen molar-refractivity contribution in [2.24, 2.45) is 5.92 Å². The maximum atomic E-state index is 12.1. The number of nitrogens with zero attached hydrogens (tertiary/aromatic N) is 1. The molecule has 12 heteroatoms. The Labute approximate surface area is 180 Å². The molecule has 2 unspecified atom stereocenters. The van der Waals surface area contributed by atoms with Gasteiger partial charge in [0.2, 0.25) is 0 Å². The molecule has 29 heavy (non-hydrogen) atoms. The molecular weight excluding hydrogens is 437 g/mol. The van der Waals surface area contributed by atoms with Crippen molar-refractivity contribution in [2.45, 2.75) is 65.2 Å². The number of esters is 1. The molecule has 0 radical (unpaired) electrons. The molecule has 2 rings (SSSR count). The lowest BCUT2D eigenvalue weighted by molar-refractivity contribution is -0.149. The van der Waals surface area contributed by atoms with Crippen LogP contribution in [0.2, 0.25) is 0 Å². The summed E-state index contributed by atoms with van der Waals surface area (Å²) < 4.78 is 31.0. The van der Waals surface area contributed by atoms with Gasteiger partial charge in [0.05, 0.1) is 12.2 Å². The Kier molecular flexibility index (Phi) is 8.59. The summed E-state index contributed by atoms with van der Waals surface area (Å²) in [5.74, 6) is -0.811. The topological polar surface area (TPSA) is 115 Å². The molecule has 0 amide bonds. The molecule has 6 atom stereocenters. The molecule has 0 spiro atoms. The highest BCUT2D eigenvalue weighted by Gasteiger charge is 2.43. The number of carbonyl (C=O) groups excluding carboxylic acids is 1. The van der Waals surface area contributed by atoms with Crippen molar-refractivity contribution in [1.82, 2.24) is 14.6 Å². The van der Waals surface area contributed by atoms with Gasteiger partial charge in [-0.1, -0.05) is 24.2 Å². The zero-order valence-corrected chi connectivity index (χ0v) is 19.5. The molecule has 162 valence electrons. The van der Waals surface area contributed by atoms with Gasteiger partial charge in [-0.25, -0.2) is 0 Å². The summed E-state index contributed by atoms with van der Waals surface area (Å²) >= 11 is 10.5. The van der Waals surface area contributed by atoms with Gasteiger partial charge in [-0.15, -0.1) is 4.52 Å². The SMILES string of the molecule is Cc1cn([C@H]2O[C@@H](CO[P+](=O)N[C@@H](C)C(=O)OC(C)C)C(O)[C@H]2C)c(=S)[nH]c1=S. The summed E-state index contributed by atoms with van der Waals surface area (Å²) in [7, 11) is -2.35. The molecule has 1 saturated heterocycles. The standard InChI is InChI=1S/C17H26N3O6PS2/c1-8(2)25-16(22)11(5)19-27(23)24-7-12-13(21)10(4)15(26-12)20-6-9(3)14(28)18-17(20)29/h6,8,10-13,15,21H,7H2,1-5H3,(H-,18,19,23,28,29)/p+1/t10-,11+,12+,13?,15+/m1/s1. The third-order valence-corrected chi connectivity index (χ3v) is 6.18. The second kappa shape index (κ2) is 10.3. The fraction of sp³-hybridized carbons (Fsp3) is 0.706. The van der Waals surface area contributed by atoms with Crippen LogP contribution in [-0.2, 0) is 23.4 Å². The molecule has 1 aliphatic heterocycles. The van der Waals surface area contributed by atoms with Crippen molar-refractivity contribution in [2.75, 3.05) is 6.61 Å². The van der Waals surface area contributed by atoms with Crippen LogP contribution in [-0.4, -0.2) is 51.6 Å². The molecule has 3 N–H and O–H groups in total. The van der Waals surface area contributed by atoms with Crippen molar-refractivity contribution in [3.8, 4) is 0 Å². The van der Waals surface area contributed by atoms with E-state index in [2.05, 4.69) is 10.1 Å². The van der Waals surface area contributed by atoms with Crippen molar-refractivity contribution >= 4 is 38.6 Å². The van der Waals surface area contributed by atoms with Crippen LogP contribution in [0.1, 0.15) is 39.5 Å². The number of aromatic amines is 1. The molecule has 9 nitrogen and oxygen atoms in total. The fourth-order valence-electron chi connectivity index (χ4n) is 2.85. The smallest absolute Gasteiger partial charge is 0.462 e. The summed E-state index contributed by atoms with van der Waals surface area (Å²) in [5, 5.41) is 13.1. The minimum atomic E-state index is -2.35. The average molecular weight is 465 g/mol. The number of H-pyrrole nitrogens is 1. The summed E-state index contributed by atoms with van der Waals surface area (Å²) in [6, 6.07) is -0.796. The number of hydrogen-bond donors (Lipinski definition) is 3. The van der Waals surface area contributed by atoms with Gasteiger partial charge < -0.3 is 19.6 Å². The molecule has 1 fully saturated rings. The third-order valence-electron chi connectivity index (χ3n) is 4.46. The first-order valence-corrected chi connectivity index (χ1v) is 11.2. The van der Waals surface area contributed by atoms with E-state index in [1.165, 1.54) is 6.92 Å². The van der Waals surface area contributed by atoms with E-state index in [-0.39, 0.29) is 18.6 Å². The number of rotatable bonds is 8. The monoisotopic (exact) mass is 464 g/mol. The number of nitrogens with one attached hydrogen (secondary N) is 2. The van der Waals surface area contributed by atoms with E-state index < -0.39 is 38.6 Å². The van der Waals surface area contributed by atoms with E-state index in [0.717, 1.165) is 5.56 Å². The predicted octanol–water partition coefficient (Wildman–Crippen LogP) is 3.08. The third kappa shape index (κ3) is 6.21. The molecule has 1 aromatic heterocycles. The Hall–Kier alpha value is -1.07. The van der Waals surface area contributed by atoms with Crippen LogP contribution in [0.4, 0.5) is 0 Å². The summed E-state index contributed by atoms with van der Waals surface area (Å²) in [4.78, 5) is 14.7. The Morgan fingerprint density at radius 3 is 2.72 bits per heavy atom. The van der Waals surface area contributed by atoms with Gasteiger partial charge in [0.1, 0.15) is 29.6 Å². The summed E-state index contributed by atoms with van der Waals surface area (Å²) in [6.45, 7) is 8.55. The van der Waals surface area contributed by atoms with Crippen LogP contribution >= 0.6 is 32.6 Å². The van der Waals surface area contributed by atoms with Crippen molar-refractivity contribution in [3.05, 3.63) is 21.2 Å². The number of carbonyl (C=O) groups is 1. The van der Waals surface area contributed by atoms with E-state index in [9.17, 15) is 14.5 Å². The highest BCUT2D eigenvalue weighted by Crippen LogP contribution is 2.36. The molecule has 0 aromatic carbocycles. The van der Waals surface area contributed by atoms with Gasteiger partial charge in [-0.05, 0) is 44.5 Å². The van der Waals surface area contributed by atoms with Crippen LogP contribution in [0.25, 0.3) is 0 Å². The van der Waals surface area contributed by atoms with Gasteiger partial charge in [0.15, 0.2) is 4.77 Å². The quantitative estimate of drug-likeness (QED) is 0.303. The second-order valence-electron chi connectivity index (χ2n) is 7.28. The summed E-state index contributed by atoms with van der Waals surface area (Å²) in [5.41, 5.74) is 0.827. The molecule has 0 aliphatic carbocycles. The molecule has 0 bridgehead atoms. The van der Waals surface area contributed by atoms with Gasteiger partial charge in [0.25, 0.3) is 0 Å². The fourth-order valence-corrected chi connectivity index (χ4v) is 4.10. The lowest BCUT2D eigenvalue weighted by Crippen LogP contribution is -2.33. The second-order valence-corrected chi connectivity index (χ2v) is 9.11. The average Bonchev–Trinajstić information content (AvgIpc) is 2.90. The summed E-state index contributed by atoms with van der Waals surface area (Å²) in [6.07, 6.45) is -0.575. The molecule has 1 aliphatic rings. The van der Waals surface area contributed by atoms with Gasteiger partial charge in [-0.3, -0.25) is 9.36 Å². The molecule has 2 heterocycles. The predicted molar refractivity (Wildman–Crippen MR) is 112 cm³/mol. The zero-order chi connectivity index (χ0) is 21.9. The lowest BCUT2D eigenvalue weighted by atomic mass is 10.0. The normalized spacial score (nSPS) is 25.8. The maximum Gasteiger partial charge on any atom is 0.613 e. The first kappa shape index (κ1) is 24.2. The Balaban J connectivity index is 1.97. The Bertz CT molecular complexity index is 873. The van der Waals surface area contributed by atoms with Crippen LogP contribution in [0.3, 0.4) is 0 Å². The van der Waals surface area contributed by atoms with Crippen molar-refractivity contribution < 1.29 is 28.5 Å². The van der Waals surface area contributed by atoms with Crippen LogP contribution in [0, 0.1) is 22.3 Å². The van der Waals surface area contributed by atoms with Gasteiger partial charge in [-0.2, -0.15) is 0 Å². The van der Waals surface area contributed by atoms with E-state index in [1.807, 2.05) is 13.8 Å². The maximum absolute atomic E-state index is 12.1. The molecule has 0 saturated carbocycles. The zero-order valence-electron chi connectivity index (χ0n) is 16.9. The van der Waals surface area contributed by atoms with Gasteiger partial charge >= 0.3 is 14.1 Å². The van der Waals surface area contributed by atoms with Crippen LogP contribution < -0.4 is 5.09 Å². The number of aromatic nitrogens is 2. The van der Waals surface area contributed by atoms with Gasteiger partial charge in [0, 0.05) is 17.7 Å². The highest BCUT2D eigenvalue weighted by molar-refractivity contribution is 7.72. The van der Waals surface area contributed by atoms with E-state index >= 15 is 0 Å². The first-order valence-electron chi connectivity index (χ1n) is 9.23. The number of ether oxygens (including phenoxy) is 2. The van der Waals surface area contributed by atoms with E-state index in [4.69, 9.17) is 38.4 Å². The molecule has 1 aromatic rings. The number of hydrogen-bond acceptors (Lipinski definition) is 8. The number of aliphatic hydroxyl groups is 1. The van der Waals surface area contributed by atoms with Crippen molar-refractivity contribution in [1.29, 1.82) is 0 Å². The van der Waals surface area contributed by atoms with E-state index in [0.29, 0.717) is 9.41 Å².